The number of carbonyl (C=O) groups excluding carboxylic acids is 1. The molecule has 0 aliphatic rings. The van der Waals surface area contributed by atoms with Gasteiger partial charge in [0.25, 0.3) is 0 Å². The molecule has 0 saturated carbocycles. The molecule has 0 spiro atoms. The summed E-state index contributed by atoms with van der Waals surface area (Å²) in [6.07, 6.45) is 0.879. The Morgan fingerprint density at radius 1 is 1.38 bits per heavy atom. The van der Waals surface area contributed by atoms with E-state index < -0.39 is 0 Å². The Morgan fingerprint density at radius 2 is 2.08 bits per heavy atom. The van der Waals surface area contributed by atoms with Crippen molar-refractivity contribution in [2.75, 3.05) is 5.32 Å². The molecule has 0 aromatic heterocycles. The van der Waals surface area contributed by atoms with Crippen LogP contribution in [0.2, 0.25) is 0 Å². The van der Waals surface area contributed by atoms with Gasteiger partial charge in [-0.25, -0.2) is 0 Å². The molecule has 0 aliphatic heterocycles. The van der Waals surface area contributed by atoms with Crippen molar-refractivity contribution in [3.05, 3.63) is 29.3 Å². The fraction of sp³-hybridized carbons (Fsp3) is 0.364. The van der Waals surface area contributed by atoms with E-state index in [0.717, 1.165) is 23.1 Å². The van der Waals surface area contributed by atoms with E-state index in [2.05, 4.69) is 19.2 Å². The van der Waals surface area contributed by atoms with Gasteiger partial charge in [-0.15, -0.1) is 0 Å². The van der Waals surface area contributed by atoms with Gasteiger partial charge in [0.05, 0.1) is 0 Å². The summed E-state index contributed by atoms with van der Waals surface area (Å²) in [7, 11) is 0. The molecule has 0 radical (unpaired) electrons. The van der Waals surface area contributed by atoms with Crippen LogP contribution in [0, 0.1) is 6.92 Å². The van der Waals surface area contributed by atoms with Gasteiger partial charge in [-0.1, -0.05) is 6.07 Å². The van der Waals surface area contributed by atoms with E-state index in [0.29, 0.717) is 6.04 Å². The van der Waals surface area contributed by atoms with Crippen molar-refractivity contribution < 1.29 is 4.79 Å². The molecule has 2 nitrogen and oxygen atoms in total. The summed E-state index contributed by atoms with van der Waals surface area (Å²) in [5.41, 5.74) is 2.80. The lowest BCUT2D eigenvalue weighted by Crippen LogP contribution is -2.11. The molecule has 1 aromatic rings. The first-order valence-corrected chi connectivity index (χ1v) is 4.46. The molecule has 0 fully saturated rings. The minimum atomic E-state index is 0.348. The molecular weight excluding hydrogens is 162 g/mol. The molecule has 0 aliphatic carbocycles. The molecule has 13 heavy (non-hydrogen) atoms. The maximum atomic E-state index is 10.7. The highest BCUT2D eigenvalue weighted by Crippen LogP contribution is 2.16. The summed E-state index contributed by atoms with van der Waals surface area (Å²) < 4.78 is 0. The topological polar surface area (TPSA) is 29.1 Å². The van der Waals surface area contributed by atoms with Crippen molar-refractivity contribution in [1.82, 2.24) is 0 Å². The van der Waals surface area contributed by atoms with Gasteiger partial charge in [0, 0.05) is 17.3 Å². The van der Waals surface area contributed by atoms with Gasteiger partial charge in [-0.05, 0) is 38.5 Å². The molecule has 2 heteroatoms. The van der Waals surface area contributed by atoms with E-state index >= 15 is 0 Å². The van der Waals surface area contributed by atoms with Crippen LogP contribution in [0.3, 0.4) is 0 Å². The summed E-state index contributed by atoms with van der Waals surface area (Å²) in [5.74, 6) is 0. The fourth-order valence-electron chi connectivity index (χ4n) is 1.21. The van der Waals surface area contributed by atoms with Crippen LogP contribution in [0.5, 0.6) is 0 Å². The second-order valence-corrected chi connectivity index (χ2v) is 3.51. The first kappa shape index (κ1) is 9.78. The zero-order valence-corrected chi connectivity index (χ0v) is 8.29. The minimum Gasteiger partial charge on any atom is -0.382 e. The molecule has 0 amide bonds. The first-order chi connectivity index (χ1) is 6.13. The number of aldehydes is 1. The molecule has 0 bridgehead atoms. The number of aryl methyl sites for hydroxylation is 1. The predicted molar refractivity (Wildman–Crippen MR) is 55.3 cm³/mol. The predicted octanol–water partition coefficient (Wildman–Crippen LogP) is 2.63. The fourth-order valence-corrected chi connectivity index (χ4v) is 1.21. The molecule has 1 aromatic carbocycles. The molecule has 0 heterocycles. The zero-order valence-electron chi connectivity index (χ0n) is 8.29. The van der Waals surface area contributed by atoms with Gasteiger partial charge in [-0.2, -0.15) is 0 Å². The maximum absolute atomic E-state index is 10.7. The van der Waals surface area contributed by atoms with E-state index in [1.165, 1.54) is 0 Å². The van der Waals surface area contributed by atoms with E-state index in [4.69, 9.17) is 0 Å². The summed E-state index contributed by atoms with van der Waals surface area (Å²) in [6.45, 7) is 6.12. The molecule has 0 atom stereocenters. The highest BCUT2D eigenvalue weighted by molar-refractivity contribution is 5.84. The number of nitrogens with one attached hydrogen (secondary N) is 1. The quantitative estimate of drug-likeness (QED) is 0.719. The van der Waals surface area contributed by atoms with Crippen LogP contribution in [0.15, 0.2) is 18.2 Å². The Morgan fingerprint density at radius 3 is 2.62 bits per heavy atom. The van der Waals surface area contributed by atoms with Crippen molar-refractivity contribution in [2.45, 2.75) is 26.8 Å². The van der Waals surface area contributed by atoms with Crippen LogP contribution in [0.25, 0.3) is 0 Å². The average molecular weight is 177 g/mol. The summed E-state index contributed by atoms with van der Waals surface area (Å²) in [4.78, 5) is 10.7. The molecule has 0 saturated heterocycles. The number of benzene rings is 1. The number of rotatable bonds is 3. The van der Waals surface area contributed by atoms with Crippen LogP contribution in [-0.4, -0.2) is 12.3 Å². The monoisotopic (exact) mass is 177 g/mol. The van der Waals surface area contributed by atoms with Gasteiger partial charge >= 0.3 is 0 Å². The van der Waals surface area contributed by atoms with Crippen molar-refractivity contribution in [3.8, 4) is 0 Å². The third kappa shape index (κ3) is 2.58. The molecule has 0 unspecified atom stereocenters. The minimum absolute atomic E-state index is 0.348. The van der Waals surface area contributed by atoms with Crippen molar-refractivity contribution in [2.24, 2.45) is 0 Å². The third-order valence-electron chi connectivity index (χ3n) is 1.78. The Balaban J connectivity index is 3.01. The van der Waals surface area contributed by atoms with Gasteiger partial charge in [-0.3, -0.25) is 4.79 Å². The Kier molecular flexibility index (Phi) is 3.07. The lowest BCUT2D eigenvalue weighted by Gasteiger charge is -2.12. The van der Waals surface area contributed by atoms with Crippen LogP contribution in [-0.2, 0) is 0 Å². The SMILES string of the molecule is Cc1ccc(C=O)c(NC(C)C)c1. The Labute approximate surface area is 79.0 Å². The smallest absolute Gasteiger partial charge is 0.152 e. The third-order valence-corrected chi connectivity index (χ3v) is 1.78. The summed E-state index contributed by atoms with van der Waals surface area (Å²) in [6, 6.07) is 6.12. The Bertz CT molecular complexity index is 305. The van der Waals surface area contributed by atoms with E-state index in [1.54, 1.807) is 0 Å². The van der Waals surface area contributed by atoms with Crippen LogP contribution < -0.4 is 5.32 Å². The second-order valence-electron chi connectivity index (χ2n) is 3.51. The second kappa shape index (κ2) is 4.08. The molecule has 1 N–H and O–H groups in total. The standard InChI is InChI=1S/C11H15NO/c1-8(2)12-11-6-9(3)4-5-10(11)7-13/h4-8,12H,1-3H3. The lowest BCUT2D eigenvalue weighted by atomic mass is 10.1. The van der Waals surface area contributed by atoms with E-state index in [9.17, 15) is 4.79 Å². The van der Waals surface area contributed by atoms with Crippen LogP contribution in [0.1, 0.15) is 29.8 Å². The average Bonchev–Trinajstić information content (AvgIpc) is 2.03. The summed E-state index contributed by atoms with van der Waals surface area (Å²) >= 11 is 0. The first-order valence-electron chi connectivity index (χ1n) is 4.46. The normalized spacial score (nSPS) is 10.2. The number of carbonyl (C=O) groups is 1. The van der Waals surface area contributed by atoms with Crippen LogP contribution in [0.4, 0.5) is 5.69 Å². The molecule has 1 rings (SSSR count). The van der Waals surface area contributed by atoms with E-state index in [-0.39, 0.29) is 0 Å². The Hall–Kier alpha value is -1.31. The molecule has 70 valence electrons. The highest BCUT2D eigenvalue weighted by Gasteiger charge is 2.02. The molecular formula is C11H15NO. The highest BCUT2D eigenvalue weighted by atomic mass is 16.1. The van der Waals surface area contributed by atoms with Crippen LogP contribution >= 0.6 is 0 Å². The van der Waals surface area contributed by atoms with E-state index in [1.807, 2.05) is 25.1 Å². The zero-order chi connectivity index (χ0) is 9.84. The van der Waals surface area contributed by atoms with Gasteiger partial charge in [0.1, 0.15) is 0 Å². The summed E-state index contributed by atoms with van der Waals surface area (Å²) in [5, 5.41) is 3.23. The van der Waals surface area contributed by atoms with Crippen molar-refractivity contribution in [1.29, 1.82) is 0 Å². The number of hydrogen-bond acceptors (Lipinski definition) is 2. The van der Waals surface area contributed by atoms with Gasteiger partial charge in [0.15, 0.2) is 6.29 Å². The number of hydrogen-bond donors (Lipinski definition) is 1. The van der Waals surface area contributed by atoms with Crippen molar-refractivity contribution >= 4 is 12.0 Å². The van der Waals surface area contributed by atoms with Gasteiger partial charge < -0.3 is 5.32 Å². The number of anilines is 1. The van der Waals surface area contributed by atoms with Gasteiger partial charge in [0.2, 0.25) is 0 Å². The van der Waals surface area contributed by atoms with Crippen molar-refractivity contribution in [3.63, 3.8) is 0 Å². The maximum Gasteiger partial charge on any atom is 0.152 e. The lowest BCUT2D eigenvalue weighted by molar-refractivity contribution is 0.112. The largest absolute Gasteiger partial charge is 0.382 e.